The molecule has 0 saturated carbocycles. The van der Waals surface area contributed by atoms with Crippen molar-refractivity contribution in [3.05, 3.63) is 47.8 Å². The highest BCUT2D eigenvalue weighted by molar-refractivity contribution is 5.45. The van der Waals surface area contributed by atoms with Crippen molar-refractivity contribution in [1.82, 2.24) is 4.98 Å². The van der Waals surface area contributed by atoms with Gasteiger partial charge in [-0.1, -0.05) is 6.07 Å². The lowest BCUT2D eigenvalue weighted by atomic mass is 10.2. The van der Waals surface area contributed by atoms with Gasteiger partial charge >= 0.3 is 0 Å². The monoisotopic (exact) mass is 274 g/mol. The number of aliphatic hydroxyl groups is 1. The van der Waals surface area contributed by atoms with Crippen molar-refractivity contribution in [3.63, 3.8) is 0 Å². The zero-order chi connectivity index (χ0) is 14.5. The van der Waals surface area contributed by atoms with E-state index in [-0.39, 0.29) is 12.6 Å². The van der Waals surface area contributed by atoms with E-state index in [9.17, 15) is 0 Å². The van der Waals surface area contributed by atoms with Crippen LogP contribution >= 0.6 is 0 Å². The minimum atomic E-state index is -0.109. The zero-order valence-corrected chi connectivity index (χ0v) is 11.5. The van der Waals surface area contributed by atoms with Gasteiger partial charge < -0.3 is 20.3 Å². The molecule has 0 fully saturated rings. The summed E-state index contributed by atoms with van der Waals surface area (Å²) < 4.78 is 11.0. The first-order valence-corrected chi connectivity index (χ1v) is 6.31. The van der Waals surface area contributed by atoms with Gasteiger partial charge in [-0.15, -0.1) is 0 Å². The average molecular weight is 274 g/mol. The van der Waals surface area contributed by atoms with Crippen LogP contribution in [0.3, 0.4) is 0 Å². The Kier molecular flexibility index (Phi) is 4.55. The Morgan fingerprint density at radius 3 is 2.60 bits per heavy atom. The standard InChI is InChI=1S/C15H18N2O3/c1-10(16)13-5-4-12(8-17-13)20-14-6-3-11(9-18)7-15(14)19-2/h3-8,10,18H,9,16H2,1-2H3/t10-/m1/s1. The van der Waals surface area contributed by atoms with E-state index < -0.39 is 0 Å². The second-order valence-corrected chi connectivity index (χ2v) is 4.45. The van der Waals surface area contributed by atoms with E-state index in [1.807, 2.05) is 19.1 Å². The molecule has 0 saturated heterocycles. The van der Waals surface area contributed by atoms with Crippen molar-refractivity contribution in [2.24, 2.45) is 5.73 Å². The molecule has 0 spiro atoms. The highest BCUT2D eigenvalue weighted by Crippen LogP contribution is 2.32. The van der Waals surface area contributed by atoms with E-state index >= 15 is 0 Å². The predicted octanol–water partition coefficient (Wildman–Crippen LogP) is 2.39. The molecule has 3 N–H and O–H groups in total. The van der Waals surface area contributed by atoms with E-state index in [2.05, 4.69) is 4.98 Å². The Morgan fingerprint density at radius 1 is 1.25 bits per heavy atom. The summed E-state index contributed by atoms with van der Waals surface area (Å²) in [5.41, 5.74) is 7.32. The van der Waals surface area contributed by atoms with Crippen LogP contribution in [0, 0.1) is 0 Å². The number of ether oxygens (including phenoxy) is 2. The van der Waals surface area contributed by atoms with Crippen molar-refractivity contribution in [2.45, 2.75) is 19.6 Å². The van der Waals surface area contributed by atoms with Gasteiger partial charge in [-0.25, -0.2) is 0 Å². The first-order chi connectivity index (χ1) is 9.63. The molecule has 106 valence electrons. The molecule has 5 nitrogen and oxygen atoms in total. The smallest absolute Gasteiger partial charge is 0.169 e. The van der Waals surface area contributed by atoms with Gasteiger partial charge in [0.1, 0.15) is 5.75 Å². The Balaban J connectivity index is 2.20. The topological polar surface area (TPSA) is 77.6 Å². The normalized spacial score (nSPS) is 12.0. The predicted molar refractivity (Wildman–Crippen MR) is 75.8 cm³/mol. The summed E-state index contributed by atoms with van der Waals surface area (Å²) in [6.45, 7) is 1.83. The number of hydrogen-bond acceptors (Lipinski definition) is 5. The number of nitrogens with two attached hydrogens (primary N) is 1. The van der Waals surface area contributed by atoms with Crippen LogP contribution in [-0.2, 0) is 6.61 Å². The largest absolute Gasteiger partial charge is 0.493 e. The van der Waals surface area contributed by atoms with Crippen molar-refractivity contribution in [1.29, 1.82) is 0 Å². The first kappa shape index (κ1) is 14.3. The van der Waals surface area contributed by atoms with Crippen molar-refractivity contribution in [2.75, 3.05) is 7.11 Å². The molecule has 0 aliphatic heterocycles. The summed E-state index contributed by atoms with van der Waals surface area (Å²) >= 11 is 0. The molecule has 0 amide bonds. The number of benzene rings is 1. The molecule has 1 atom stereocenters. The molecule has 0 aliphatic carbocycles. The van der Waals surface area contributed by atoms with Crippen LogP contribution in [0.1, 0.15) is 24.2 Å². The highest BCUT2D eigenvalue weighted by atomic mass is 16.5. The molecule has 1 aromatic carbocycles. The lowest BCUT2D eigenvalue weighted by molar-refractivity contribution is 0.280. The molecule has 2 aromatic rings. The van der Waals surface area contributed by atoms with Crippen LogP contribution in [0.5, 0.6) is 17.2 Å². The van der Waals surface area contributed by atoms with Gasteiger partial charge in [0, 0.05) is 6.04 Å². The Morgan fingerprint density at radius 2 is 2.05 bits per heavy atom. The molecule has 1 aromatic heterocycles. The van der Waals surface area contributed by atoms with Crippen LogP contribution in [0.25, 0.3) is 0 Å². The summed E-state index contributed by atoms with van der Waals surface area (Å²) in [6, 6.07) is 8.80. The number of methoxy groups -OCH3 is 1. The summed E-state index contributed by atoms with van der Waals surface area (Å²) in [5.74, 6) is 1.73. The van der Waals surface area contributed by atoms with Gasteiger partial charge in [0.15, 0.2) is 11.5 Å². The number of nitrogens with zero attached hydrogens (tertiary/aromatic N) is 1. The maximum absolute atomic E-state index is 9.10. The third-order valence-corrected chi connectivity index (χ3v) is 2.86. The Hall–Kier alpha value is -2.11. The van der Waals surface area contributed by atoms with Gasteiger partial charge in [0.05, 0.1) is 25.6 Å². The molecular formula is C15H18N2O3. The van der Waals surface area contributed by atoms with Gasteiger partial charge in [-0.2, -0.15) is 0 Å². The Bertz CT molecular complexity index is 568. The van der Waals surface area contributed by atoms with E-state index in [0.717, 1.165) is 11.3 Å². The molecule has 20 heavy (non-hydrogen) atoms. The molecule has 0 bridgehead atoms. The zero-order valence-electron chi connectivity index (χ0n) is 11.5. The van der Waals surface area contributed by atoms with E-state index in [1.165, 1.54) is 0 Å². The van der Waals surface area contributed by atoms with Crippen LogP contribution in [-0.4, -0.2) is 17.2 Å². The first-order valence-electron chi connectivity index (χ1n) is 6.31. The van der Waals surface area contributed by atoms with E-state index in [4.69, 9.17) is 20.3 Å². The molecular weight excluding hydrogens is 256 g/mol. The quantitative estimate of drug-likeness (QED) is 0.875. The molecule has 0 unspecified atom stereocenters. The highest BCUT2D eigenvalue weighted by Gasteiger charge is 2.08. The van der Waals surface area contributed by atoms with Gasteiger partial charge in [0.25, 0.3) is 0 Å². The summed E-state index contributed by atoms with van der Waals surface area (Å²) in [6.07, 6.45) is 1.62. The van der Waals surface area contributed by atoms with Gasteiger partial charge in [-0.05, 0) is 36.8 Å². The molecule has 2 rings (SSSR count). The third kappa shape index (κ3) is 3.26. The molecule has 0 radical (unpaired) electrons. The van der Waals surface area contributed by atoms with Crippen molar-refractivity contribution < 1.29 is 14.6 Å². The van der Waals surface area contributed by atoms with Crippen LogP contribution in [0.2, 0.25) is 0 Å². The minimum absolute atomic E-state index is 0.0404. The van der Waals surface area contributed by atoms with Crippen LogP contribution in [0.15, 0.2) is 36.5 Å². The van der Waals surface area contributed by atoms with Crippen molar-refractivity contribution >= 4 is 0 Å². The lowest BCUT2D eigenvalue weighted by Gasteiger charge is -2.12. The Labute approximate surface area is 118 Å². The van der Waals surface area contributed by atoms with Gasteiger partial charge in [0.2, 0.25) is 0 Å². The van der Waals surface area contributed by atoms with Gasteiger partial charge in [-0.3, -0.25) is 4.98 Å². The maximum Gasteiger partial charge on any atom is 0.169 e. The third-order valence-electron chi connectivity index (χ3n) is 2.86. The van der Waals surface area contributed by atoms with Crippen LogP contribution < -0.4 is 15.2 Å². The molecule has 1 heterocycles. The lowest BCUT2D eigenvalue weighted by Crippen LogP contribution is -2.06. The van der Waals surface area contributed by atoms with E-state index in [0.29, 0.717) is 17.2 Å². The number of pyridine rings is 1. The van der Waals surface area contributed by atoms with Crippen LogP contribution in [0.4, 0.5) is 0 Å². The number of aromatic nitrogens is 1. The number of rotatable bonds is 5. The van der Waals surface area contributed by atoms with Crippen molar-refractivity contribution in [3.8, 4) is 17.2 Å². The number of aliphatic hydroxyl groups excluding tert-OH is 1. The second-order valence-electron chi connectivity index (χ2n) is 4.45. The average Bonchev–Trinajstić information content (AvgIpc) is 2.48. The second kappa shape index (κ2) is 6.36. The number of hydrogen-bond donors (Lipinski definition) is 2. The van der Waals surface area contributed by atoms with E-state index in [1.54, 1.807) is 31.5 Å². The fourth-order valence-corrected chi connectivity index (χ4v) is 1.74. The fourth-order valence-electron chi connectivity index (χ4n) is 1.74. The summed E-state index contributed by atoms with van der Waals surface area (Å²) in [7, 11) is 1.56. The summed E-state index contributed by atoms with van der Waals surface area (Å²) in [5, 5.41) is 9.10. The minimum Gasteiger partial charge on any atom is -0.493 e. The summed E-state index contributed by atoms with van der Waals surface area (Å²) in [4.78, 5) is 4.23. The molecule has 5 heteroatoms. The fraction of sp³-hybridized carbons (Fsp3) is 0.267. The molecule has 0 aliphatic rings. The maximum atomic E-state index is 9.10. The SMILES string of the molecule is COc1cc(CO)ccc1Oc1ccc([C@@H](C)N)nc1.